The molecule has 0 bridgehead atoms. The molecule has 230 valence electrons. The number of halogens is 3. The Kier molecular flexibility index (Phi) is 8.82. The summed E-state index contributed by atoms with van der Waals surface area (Å²) in [6, 6.07) is 24.4. The fourth-order valence-corrected chi connectivity index (χ4v) is 5.71. The molecule has 44 heavy (non-hydrogen) atoms. The first-order valence-corrected chi connectivity index (χ1v) is 14.3. The standard InChI is InChI=1S/C34H34F3N3O4/c1-20(2)43-32(41)27-21(3)39-31(38)29(28(27)24-15-10-16-25(17-24)34(35,36)37)33(42)44-26-18-40(19-26)30(22-11-6-4-7-12-22)23-13-8-5-9-14-23/h4-17,20,26,28,30,39H,18-19,38H2,1-3H3. The molecule has 1 saturated heterocycles. The molecule has 0 aliphatic carbocycles. The SMILES string of the molecule is CC1=C(C(=O)OC(C)C)C(c2cccc(C(F)(F)F)c2)C(C(=O)OC2CN(C(c3ccccc3)c3ccccc3)C2)=C(N)N1. The van der Waals surface area contributed by atoms with Crippen molar-refractivity contribution in [2.45, 2.75) is 51.1 Å². The average Bonchev–Trinajstić information content (AvgIpc) is 2.95. The first kappa shape index (κ1) is 30.9. The Morgan fingerprint density at radius 3 is 2.02 bits per heavy atom. The van der Waals surface area contributed by atoms with Crippen molar-refractivity contribution in [3.05, 3.63) is 130 Å². The van der Waals surface area contributed by atoms with Crippen molar-refractivity contribution < 1.29 is 32.2 Å². The second-order valence-corrected chi connectivity index (χ2v) is 11.2. The molecule has 1 atom stereocenters. The van der Waals surface area contributed by atoms with E-state index in [1.807, 2.05) is 60.7 Å². The first-order valence-electron chi connectivity index (χ1n) is 14.3. The molecule has 0 spiro atoms. The van der Waals surface area contributed by atoms with Gasteiger partial charge in [0.25, 0.3) is 0 Å². The van der Waals surface area contributed by atoms with Gasteiger partial charge in [0.2, 0.25) is 0 Å². The minimum atomic E-state index is -4.64. The average molecular weight is 606 g/mol. The van der Waals surface area contributed by atoms with Gasteiger partial charge in [0.15, 0.2) is 0 Å². The van der Waals surface area contributed by atoms with Crippen LogP contribution >= 0.6 is 0 Å². The van der Waals surface area contributed by atoms with E-state index in [4.69, 9.17) is 15.2 Å². The Labute approximate surface area is 254 Å². The maximum Gasteiger partial charge on any atom is 0.416 e. The number of carbonyl (C=O) groups is 2. The molecule has 7 nitrogen and oxygen atoms in total. The number of allylic oxidation sites excluding steroid dienone is 1. The quantitative estimate of drug-likeness (QED) is 0.313. The van der Waals surface area contributed by atoms with Gasteiger partial charge in [-0.3, -0.25) is 4.90 Å². The van der Waals surface area contributed by atoms with Crippen LogP contribution < -0.4 is 11.1 Å². The van der Waals surface area contributed by atoms with Crippen molar-refractivity contribution in [2.24, 2.45) is 5.73 Å². The third-order valence-electron chi connectivity index (χ3n) is 7.67. The smallest absolute Gasteiger partial charge is 0.416 e. The van der Waals surface area contributed by atoms with E-state index < -0.39 is 41.8 Å². The normalized spacial score (nSPS) is 17.9. The van der Waals surface area contributed by atoms with Gasteiger partial charge in [-0.05, 0) is 43.5 Å². The number of dihydropyridines is 1. The predicted molar refractivity (Wildman–Crippen MR) is 159 cm³/mol. The molecule has 2 aliphatic rings. The summed E-state index contributed by atoms with van der Waals surface area (Å²) in [6.45, 7) is 5.72. The monoisotopic (exact) mass is 605 g/mol. The summed E-state index contributed by atoms with van der Waals surface area (Å²) in [5.41, 5.74) is 7.73. The van der Waals surface area contributed by atoms with Crippen LogP contribution in [-0.2, 0) is 25.2 Å². The number of nitrogens with zero attached hydrogens (tertiary/aromatic N) is 1. The van der Waals surface area contributed by atoms with Crippen LogP contribution in [0.3, 0.4) is 0 Å². The topological polar surface area (TPSA) is 93.9 Å². The lowest BCUT2D eigenvalue weighted by Crippen LogP contribution is -2.54. The van der Waals surface area contributed by atoms with Crippen LogP contribution in [0.2, 0.25) is 0 Å². The van der Waals surface area contributed by atoms with Gasteiger partial charge >= 0.3 is 18.1 Å². The molecular formula is C34H34F3N3O4. The Morgan fingerprint density at radius 2 is 1.48 bits per heavy atom. The maximum absolute atomic E-state index is 13.8. The molecule has 1 fully saturated rings. The number of ether oxygens (including phenoxy) is 2. The summed E-state index contributed by atoms with van der Waals surface area (Å²) >= 11 is 0. The lowest BCUT2D eigenvalue weighted by Gasteiger charge is -2.44. The van der Waals surface area contributed by atoms with Gasteiger partial charge in [-0.1, -0.05) is 78.9 Å². The number of hydrogen-bond acceptors (Lipinski definition) is 7. The number of rotatable bonds is 8. The number of esters is 2. The van der Waals surface area contributed by atoms with Crippen molar-refractivity contribution >= 4 is 11.9 Å². The largest absolute Gasteiger partial charge is 0.460 e. The van der Waals surface area contributed by atoms with Gasteiger partial charge in [-0.15, -0.1) is 0 Å². The minimum Gasteiger partial charge on any atom is -0.460 e. The maximum atomic E-state index is 13.8. The predicted octanol–water partition coefficient (Wildman–Crippen LogP) is 5.81. The highest BCUT2D eigenvalue weighted by molar-refractivity contribution is 6.00. The van der Waals surface area contributed by atoms with Gasteiger partial charge in [-0.25, -0.2) is 9.59 Å². The van der Waals surface area contributed by atoms with E-state index in [1.165, 1.54) is 12.1 Å². The Hall–Kier alpha value is -4.57. The lowest BCUT2D eigenvalue weighted by molar-refractivity contribution is -0.154. The van der Waals surface area contributed by atoms with Crippen molar-refractivity contribution in [1.29, 1.82) is 0 Å². The van der Waals surface area contributed by atoms with Gasteiger partial charge in [0.05, 0.1) is 34.8 Å². The second-order valence-electron chi connectivity index (χ2n) is 11.2. The number of nitrogens with one attached hydrogen (secondary N) is 1. The third-order valence-corrected chi connectivity index (χ3v) is 7.67. The van der Waals surface area contributed by atoms with E-state index in [-0.39, 0.29) is 34.3 Å². The van der Waals surface area contributed by atoms with Gasteiger partial charge < -0.3 is 20.5 Å². The van der Waals surface area contributed by atoms with Gasteiger partial charge in [0.1, 0.15) is 11.9 Å². The fourth-order valence-electron chi connectivity index (χ4n) is 5.71. The molecule has 3 aromatic carbocycles. The molecule has 3 N–H and O–H groups in total. The van der Waals surface area contributed by atoms with Crippen molar-refractivity contribution in [1.82, 2.24) is 10.2 Å². The highest BCUT2D eigenvalue weighted by Crippen LogP contribution is 2.41. The van der Waals surface area contributed by atoms with Crippen molar-refractivity contribution in [2.75, 3.05) is 13.1 Å². The van der Waals surface area contributed by atoms with E-state index in [1.54, 1.807) is 20.8 Å². The van der Waals surface area contributed by atoms with E-state index >= 15 is 0 Å². The lowest BCUT2D eigenvalue weighted by atomic mass is 9.80. The zero-order valence-corrected chi connectivity index (χ0v) is 24.6. The fraction of sp³-hybridized carbons (Fsp3) is 0.294. The summed E-state index contributed by atoms with van der Waals surface area (Å²) in [5, 5.41) is 2.84. The zero-order valence-electron chi connectivity index (χ0n) is 24.6. The highest BCUT2D eigenvalue weighted by Gasteiger charge is 2.43. The summed E-state index contributed by atoms with van der Waals surface area (Å²) < 4.78 is 52.4. The van der Waals surface area contributed by atoms with Crippen LogP contribution in [0.25, 0.3) is 0 Å². The number of likely N-dealkylation sites (tertiary alicyclic amines) is 1. The molecule has 0 radical (unpaired) electrons. The molecule has 0 saturated carbocycles. The number of hydrogen-bond donors (Lipinski definition) is 2. The number of nitrogens with two attached hydrogens (primary N) is 1. The highest BCUT2D eigenvalue weighted by atomic mass is 19.4. The molecular weight excluding hydrogens is 571 g/mol. The van der Waals surface area contributed by atoms with Crippen LogP contribution in [-0.4, -0.2) is 42.1 Å². The summed E-state index contributed by atoms with van der Waals surface area (Å²) in [7, 11) is 0. The molecule has 3 aromatic rings. The second kappa shape index (κ2) is 12.6. The van der Waals surface area contributed by atoms with E-state index in [9.17, 15) is 22.8 Å². The summed E-state index contributed by atoms with van der Waals surface area (Å²) in [6.07, 6.45) is -5.65. The number of carbonyl (C=O) groups excluding carboxylic acids is 2. The third kappa shape index (κ3) is 6.50. The number of benzene rings is 3. The van der Waals surface area contributed by atoms with Gasteiger partial charge in [-0.2, -0.15) is 13.2 Å². The van der Waals surface area contributed by atoms with Crippen LogP contribution in [0, 0.1) is 0 Å². The van der Waals surface area contributed by atoms with Crippen LogP contribution in [0.4, 0.5) is 13.2 Å². The Balaban J connectivity index is 1.42. The molecule has 0 aromatic heterocycles. The van der Waals surface area contributed by atoms with E-state index in [0.29, 0.717) is 13.1 Å². The molecule has 10 heteroatoms. The molecule has 2 heterocycles. The van der Waals surface area contributed by atoms with Gasteiger partial charge in [0, 0.05) is 18.8 Å². The van der Waals surface area contributed by atoms with E-state index in [2.05, 4.69) is 10.2 Å². The molecule has 2 aliphatic heterocycles. The van der Waals surface area contributed by atoms with Crippen molar-refractivity contribution in [3.8, 4) is 0 Å². The van der Waals surface area contributed by atoms with Crippen LogP contribution in [0.15, 0.2) is 108 Å². The molecule has 5 rings (SSSR count). The molecule has 0 amide bonds. The minimum absolute atomic E-state index is 0.0115. The zero-order chi connectivity index (χ0) is 31.6. The van der Waals surface area contributed by atoms with Crippen molar-refractivity contribution in [3.63, 3.8) is 0 Å². The Bertz CT molecular complexity index is 1540. The van der Waals surface area contributed by atoms with Crippen LogP contribution in [0.1, 0.15) is 55.0 Å². The Morgan fingerprint density at radius 1 is 0.886 bits per heavy atom. The summed E-state index contributed by atoms with van der Waals surface area (Å²) in [5.74, 6) is -2.93. The van der Waals surface area contributed by atoms with Crippen LogP contribution in [0.5, 0.6) is 0 Å². The summed E-state index contributed by atoms with van der Waals surface area (Å²) in [4.78, 5) is 29.2. The number of alkyl halides is 3. The van der Waals surface area contributed by atoms with E-state index in [0.717, 1.165) is 23.3 Å². The molecule has 1 unspecified atom stereocenters. The first-order chi connectivity index (χ1) is 20.9.